The number of fused-ring (bicyclic) bond motifs is 1. The Kier molecular flexibility index (Phi) is 5.19. The van der Waals surface area contributed by atoms with E-state index in [9.17, 15) is 8.42 Å². The van der Waals surface area contributed by atoms with Gasteiger partial charge >= 0.3 is 0 Å². The van der Waals surface area contributed by atoms with E-state index in [1.165, 1.54) is 29.4 Å². The van der Waals surface area contributed by atoms with Gasteiger partial charge in [-0.1, -0.05) is 0 Å². The standard InChI is InChI=1S/C14H18N6O2S3/c1-20(2)8-4-7-14(16-18-19-17-14)24-13-15-11-6-5-10(25(3,21)22)9-12(11)23-13/h5-6,9H,4,7-8H2,1-3H3. The summed E-state index contributed by atoms with van der Waals surface area (Å²) in [6.45, 7) is 0.922. The van der Waals surface area contributed by atoms with E-state index in [0.717, 1.165) is 27.5 Å². The molecule has 0 radical (unpaired) electrons. The van der Waals surface area contributed by atoms with E-state index in [1.54, 1.807) is 18.2 Å². The van der Waals surface area contributed by atoms with Crippen LogP contribution in [0.3, 0.4) is 0 Å². The lowest BCUT2D eigenvalue weighted by Crippen LogP contribution is -2.20. The fraction of sp³-hybridized carbons (Fsp3) is 0.500. The van der Waals surface area contributed by atoms with Crippen LogP contribution in [0.4, 0.5) is 0 Å². The highest BCUT2D eigenvalue weighted by molar-refractivity contribution is 8.02. The Labute approximate surface area is 154 Å². The molecule has 0 unspecified atom stereocenters. The molecule has 8 nitrogen and oxygen atoms in total. The zero-order valence-electron chi connectivity index (χ0n) is 14.1. The molecule has 1 aromatic heterocycles. The third-order valence-corrected chi connectivity index (χ3v) is 6.95. The molecular weight excluding hydrogens is 380 g/mol. The fourth-order valence-corrected chi connectivity index (χ4v) is 5.43. The minimum atomic E-state index is -3.24. The average molecular weight is 399 g/mol. The van der Waals surface area contributed by atoms with Crippen molar-refractivity contribution in [2.24, 2.45) is 20.7 Å². The molecule has 2 aromatic rings. The molecule has 2 heterocycles. The van der Waals surface area contributed by atoms with Crippen LogP contribution in [0.2, 0.25) is 0 Å². The van der Waals surface area contributed by atoms with Crippen LogP contribution in [0.15, 0.2) is 48.1 Å². The van der Waals surface area contributed by atoms with Gasteiger partial charge in [0.05, 0.1) is 15.1 Å². The van der Waals surface area contributed by atoms with Crippen LogP contribution in [0.5, 0.6) is 0 Å². The second-order valence-electron chi connectivity index (χ2n) is 6.01. The first kappa shape index (κ1) is 18.4. The Morgan fingerprint density at radius 2 is 1.96 bits per heavy atom. The SMILES string of the molecule is CN(C)CCCC1(Sc2nc3ccc(S(C)(=O)=O)cc3s2)N=NN=N1. The molecule has 0 atom stereocenters. The molecule has 1 aliphatic rings. The van der Waals surface area contributed by atoms with Gasteiger partial charge in [-0.25, -0.2) is 13.4 Å². The zero-order valence-corrected chi connectivity index (χ0v) is 16.5. The Balaban J connectivity index is 1.83. The molecule has 0 fully saturated rings. The molecular formula is C14H18N6O2S3. The molecule has 134 valence electrons. The van der Waals surface area contributed by atoms with Crippen molar-refractivity contribution < 1.29 is 8.42 Å². The molecule has 1 aromatic carbocycles. The van der Waals surface area contributed by atoms with Crippen molar-refractivity contribution in [3.05, 3.63) is 18.2 Å². The van der Waals surface area contributed by atoms with Crippen molar-refractivity contribution >= 4 is 43.2 Å². The second kappa shape index (κ2) is 7.06. The summed E-state index contributed by atoms with van der Waals surface area (Å²) in [7, 11) is 0.797. The first-order valence-corrected chi connectivity index (χ1v) is 11.1. The summed E-state index contributed by atoms with van der Waals surface area (Å²) in [6.07, 6.45) is 2.80. The molecule has 11 heteroatoms. The van der Waals surface area contributed by atoms with Crippen molar-refractivity contribution in [2.75, 3.05) is 26.9 Å². The summed E-state index contributed by atoms with van der Waals surface area (Å²) in [5, 5.41) is 15.7. The Morgan fingerprint density at radius 3 is 2.60 bits per heavy atom. The van der Waals surface area contributed by atoms with Gasteiger partial charge in [-0.2, -0.15) is 0 Å². The maximum Gasteiger partial charge on any atom is 0.247 e. The third-order valence-electron chi connectivity index (χ3n) is 3.57. The minimum absolute atomic E-state index is 0.293. The van der Waals surface area contributed by atoms with Gasteiger partial charge in [0, 0.05) is 12.7 Å². The Morgan fingerprint density at radius 1 is 1.24 bits per heavy atom. The van der Waals surface area contributed by atoms with Crippen molar-refractivity contribution in [2.45, 2.75) is 27.1 Å². The average Bonchev–Trinajstić information content (AvgIpc) is 3.12. The van der Waals surface area contributed by atoms with Crippen LogP contribution >= 0.6 is 23.1 Å². The molecule has 0 saturated carbocycles. The lowest BCUT2D eigenvalue weighted by Gasteiger charge is -2.18. The summed E-state index contributed by atoms with van der Waals surface area (Å²) in [6, 6.07) is 4.96. The van der Waals surface area contributed by atoms with E-state index in [2.05, 4.69) is 30.6 Å². The molecule has 3 rings (SSSR count). The van der Waals surface area contributed by atoms with Gasteiger partial charge in [0.15, 0.2) is 14.2 Å². The largest absolute Gasteiger partial charge is 0.309 e. The van der Waals surface area contributed by atoms with Crippen LogP contribution in [-0.4, -0.2) is 50.2 Å². The lowest BCUT2D eigenvalue weighted by atomic mass is 10.2. The van der Waals surface area contributed by atoms with Crippen molar-refractivity contribution in [3.8, 4) is 0 Å². The molecule has 0 saturated heterocycles. The topological polar surface area (TPSA) is 99.7 Å². The van der Waals surface area contributed by atoms with Crippen LogP contribution in [-0.2, 0) is 9.84 Å². The maximum absolute atomic E-state index is 11.7. The van der Waals surface area contributed by atoms with Crippen LogP contribution < -0.4 is 0 Å². The quantitative estimate of drug-likeness (QED) is 0.709. The number of hydrogen-bond acceptors (Lipinski definition) is 10. The van der Waals surface area contributed by atoms with Crippen LogP contribution in [0.25, 0.3) is 10.2 Å². The highest BCUT2D eigenvalue weighted by Gasteiger charge is 2.35. The molecule has 0 N–H and O–H groups in total. The second-order valence-corrected chi connectivity index (χ2v) is 10.6. The molecule has 0 aliphatic carbocycles. The van der Waals surface area contributed by atoms with Gasteiger partial charge in [0.2, 0.25) is 4.99 Å². The van der Waals surface area contributed by atoms with Crippen molar-refractivity contribution in [1.29, 1.82) is 0 Å². The van der Waals surface area contributed by atoms with Crippen LogP contribution in [0.1, 0.15) is 12.8 Å². The van der Waals surface area contributed by atoms with E-state index in [1.807, 2.05) is 14.1 Å². The first-order valence-electron chi connectivity index (χ1n) is 7.56. The number of thioether (sulfide) groups is 1. The van der Waals surface area contributed by atoms with Gasteiger partial charge in [-0.15, -0.1) is 21.6 Å². The summed E-state index contributed by atoms with van der Waals surface area (Å²) in [5.41, 5.74) is 0.759. The molecule has 0 spiro atoms. The zero-order chi connectivity index (χ0) is 18.1. The van der Waals surface area contributed by atoms with Crippen molar-refractivity contribution in [3.63, 3.8) is 0 Å². The number of hydrogen-bond donors (Lipinski definition) is 0. The summed E-state index contributed by atoms with van der Waals surface area (Å²) in [4.78, 5) is 6.18. The number of sulfone groups is 1. The van der Waals surface area contributed by atoms with Gasteiger partial charge in [0.1, 0.15) is 0 Å². The van der Waals surface area contributed by atoms with E-state index in [-0.39, 0.29) is 0 Å². The van der Waals surface area contributed by atoms with E-state index >= 15 is 0 Å². The highest BCUT2D eigenvalue weighted by atomic mass is 32.2. The van der Waals surface area contributed by atoms with Gasteiger partial charge in [0.25, 0.3) is 0 Å². The first-order chi connectivity index (χ1) is 11.8. The van der Waals surface area contributed by atoms with Gasteiger partial charge in [-0.3, -0.25) is 0 Å². The predicted octanol–water partition coefficient (Wildman–Crippen LogP) is 3.62. The van der Waals surface area contributed by atoms with E-state index in [0.29, 0.717) is 11.3 Å². The van der Waals surface area contributed by atoms with E-state index < -0.39 is 14.8 Å². The maximum atomic E-state index is 11.7. The smallest absolute Gasteiger partial charge is 0.247 e. The lowest BCUT2D eigenvalue weighted by molar-refractivity contribution is 0.380. The number of nitrogens with zero attached hydrogens (tertiary/aromatic N) is 6. The Hall–Kier alpha value is -1.43. The number of aromatic nitrogens is 1. The predicted molar refractivity (Wildman–Crippen MR) is 98.8 cm³/mol. The minimum Gasteiger partial charge on any atom is -0.309 e. The summed E-state index contributed by atoms with van der Waals surface area (Å²) in [5.74, 6) is 0. The number of thiazole rings is 1. The van der Waals surface area contributed by atoms with Gasteiger partial charge < -0.3 is 4.90 Å². The number of benzene rings is 1. The monoisotopic (exact) mass is 398 g/mol. The summed E-state index contributed by atoms with van der Waals surface area (Å²) >= 11 is 2.83. The molecule has 1 aliphatic heterocycles. The molecule has 25 heavy (non-hydrogen) atoms. The van der Waals surface area contributed by atoms with Crippen molar-refractivity contribution in [1.82, 2.24) is 9.88 Å². The van der Waals surface area contributed by atoms with Crippen LogP contribution in [0, 0.1) is 0 Å². The molecule has 0 amide bonds. The number of rotatable bonds is 7. The van der Waals surface area contributed by atoms with E-state index in [4.69, 9.17) is 0 Å². The van der Waals surface area contributed by atoms with Gasteiger partial charge in [-0.05, 0) is 67.5 Å². The highest BCUT2D eigenvalue weighted by Crippen LogP contribution is 2.44. The normalized spacial score (nSPS) is 16.3. The Bertz CT molecular complexity index is 923. The third kappa shape index (κ3) is 4.40. The molecule has 0 bridgehead atoms. The fourth-order valence-electron chi connectivity index (χ4n) is 2.32. The summed E-state index contributed by atoms with van der Waals surface area (Å²) < 4.78 is 25.0.